The van der Waals surface area contributed by atoms with Gasteiger partial charge in [0.2, 0.25) is 5.78 Å². The Labute approximate surface area is 116 Å². The molecule has 18 heavy (non-hydrogen) atoms. The Morgan fingerprint density at radius 3 is 2.56 bits per heavy atom. The van der Waals surface area contributed by atoms with Crippen molar-refractivity contribution in [3.8, 4) is 11.3 Å². The van der Waals surface area contributed by atoms with Gasteiger partial charge in [-0.25, -0.2) is 4.98 Å². The molecule has 0 saturated heterocycles. The van der Waals surface area contributed by atoms with Crippen LogP contribution in [-0.2, 0) is 6.42 Å². The minimum atomic E-state index is -0.110. The third kappa shape index (κ3) is 2.62. The summed E-state index contributed by atoms with van der Waals surface area (Å²) < 4.78 is 0. The summed E-state index contributed by atoms with van der Waals surface area (Å²) in [6, 6.07) is 8.29. The van der Waals surface area contributed by atoms with Crippen LogP contribution < -0.4 is 0 Å². The molecule has 2 aromatic rings. The standard InChI is InChI=1S/C14H14ClNOS/c1-3-10-4-6-11(7-5-10)13-9(2)18-14(16-13)12(17)8-15/h4-7H,3,8H2,1-2H3. The number of rotatable bonds is 4. The number of Topliss-reactive ketones (excluding diaryl/α,β-unsaturated/α-hetero) is 1. The summed E-state index contributed by atoms with van der Waals surface area (Å²) in [5, 5.41) is 0.497. The Kier molecular flexibility index (Phi) is 4.15. The second-order valence-electron chi connectivity index (χ2n) is 4.03. The number of carbonyl (C=O) groups is 1. The van der Waals surface area contributed by atoms with E-state index < -0.39 is 0 Å². The maximum atomic E-state index is 11.5. The first-order valence-corrected chi connectivity index (χ1v) is 7.16. The molecule has 0 fully saturated rings. The highest BCUT2D eigenvalue weighted by atomic mass is 35.5. The van der Waals surface area contributed by atoms with Crippen LogP contribution in [0.3, 0.4) is 0 Å². The molecule has 0 aliphatic heterocycles. The molecular weight excluding hydrogens is 266 g/mol. The normalized spacial score (nSPS) is 10.6. The fourth-order valence-electron chi connectivity index (χ4n) is 1.74. The quantitative estimate of drug-likeness (QED) is 0.623. The smallest absolute Gasteiger partial charge is 0.206 e. The molecule has 0 radical (unpaired) electrons. The highest BCUT2D eigenvalue weighted by Crippen LogP contribution is 2.28. The summed E-state index contributed by atoms with van der Waals surface area (Å²) in [7, 11) is 0. The summed E-state index contributed by atoms with van der Waals surface area (Å²) in [5.74, 6) is -0.123. The number of benzene rings is 1. The van der Waals surface area contributed by atoms with Gasteiger partial charge in [0.05, 0.1) is 11.6 Å². The van der Waals surface area contributed by atoms with Crippen LogP contribution in [0, 0.1) is 6.92 Å². The molecule has 0 N–H and O–H groups in total. The van der Waals surface area contributed by atoms with E-state index in [0.717, 1.165) is 22.6 Å². The Morgan fingerprint density at radius 1 is 1.33 bits per heavy atom. The lowest BCUT2D eigenvalue weighted by molar-refractivity contribution is 0.102. The van der Waals surface area contributed by atoms with Crippen molar-refractivity contribution in [3.63, 3.8) is 0 Å². The van der Waals surface area contributed by atoms with Crippen molar-refractivity contribution in [2.24, 2.45) is 0 Å². The summed E-state index contributed by atoms with van der Waals surface area (Å²) in [6.07, 6.45) is 1.02. The van der Waals surface area contributed by atoms with Gasteiger partial charge in [-0.3, -0.25) is 4.79 Å². The minimum absolute atomic E-state index is 0.0127. The third-order valence-corrected chi connectivity index (χ3v) is 4.05. The molecule has 0 aliphatic rings. The molecule has 0 aliphatic carbocycles. The van der Waals surface area contributed by atoms with Crippen LogP contribution in [0.4, 0.5) is 0 Å². The van der Waals surface area contributed by atoms with Crippen molar-refractivity contribution in [3.05, 3.63) is 39.7 Å². The number of nitrogens with zero attached hydrogens (tertiary/aromatic N) is 1. The number of hydrogen-bond donors (Lipinski definition) is 0. The minimum Gasteiger partial charge on any atom is -0.290 e. The monoisotopic (exact) mass is 279 g/mol. The maximum Gasteiger partial charge on any atom is 0.206 e. The van der Waals surface area contributed by atoms with Crippen LogP contribution in [0.15, 0.2) is 24.3 Å². The van der Waals surface area contributed by atoms with Gasteiger partial charge >= 0.3 is 0 Å². The van der Waals surface area contributed by atoms with Crippen molar-refractivity contribution < 1.29 is 4.79 Å². The van der Waals surface area contributed by atoms with Crippen LogP contribution in [0.5, 0.6) is 0 Å². The van der Waals surface area contributed by atoms with Gasteiger partial charge in [0.25, 0.3) is 0 Å². The Bertz CT molecular complexity index is 560. The summed E-state index contributed by atoms with van der Waals surface area (Å²) in [6.45, 7) is 4.10. The van der Waals surface area contributed by atoms with Gasteiger partial charge in [0.1, 0.15) is 0 Å². The van der Waals surface area contributed by atoms with Crippen molar-refractivity contribution in [1.29, 1.82) is 0 Å². The lowest BCUT2D eigenvalue weighted by atomic mass is 10.1. The van der Waals surface area contributed by atoms with E-state index in [1.54, 1.807) is 0 Å². The van der Waals surface area contributed by atoms with Crippen molar-refractivity contribution in [1.82, 2.24) is 4.98 Å². The molecule has 0 unspecified atom stereocenters. The number of hydrogen-bond acceptors (Lipinski definition) is 3. The van der Waals surface area contributed by atoms with Crippen molar-refractivity contribution in [2.45, 2.75) is 20.3 Å². The number of thiazole rings is 1. The van der Waals surface area contributed by atoms with Crippen molar-refractivity contribution >= 4 is 28.7 Å². The predicted molar refractivity (Wildman–Crippen MR) is 76.7 cm³/mol. The number of aryl methyl sites for hydroxylation is 2. The van der Waals surface area contributed by atoms with Gasteiger partial charge in [0.15, 0.2) is 5.01 Å². The van der Waals surface area contributed by atoms with E-state index in [2.05, 4.69) is 36.2 Å². The molecule has 0 atom stereocenters. The Morgan fingerprint density at radius 2 is 2.00 bits per heavy atom. The summed E-state index contributed by atoms with van der Waals surface area (Å²) in [4.78, 5) is 17.0. The summed E-state index contributed by atoms with van der Waals surface area (Å²) in [5.41, 5.74) is 3.23. The molecule has 2 nitrogen and oxygen atoms in total. The average Bonchev–Trinajstić information content (AvgIpc) is 2.80. The predicted octanol–water partition coefficient (Wildman–Crippen LogP) is 4.10. The zero-order valence-electron chi connectivity index (χ0n) is 10.4. The SMILES string of the molecule is CCc1ccc(-c2nc(C(=O)CCl)sc2C)cc1. The van der Waals surface area contributed by atoms with Crippen LogP contribution in [0.2, 0.25) is 0 Å². The van der Waals surface area contributed by atoms with Crippen LogP contribution in [0.25, 0.3) is 11.3 Å². The average molecular weight is 280 g/mol. The molecule has 1 aromatic heterocycles. The number of alkyl halides is 1. The highest BCUT2D eigenvalue weighted by Gasteiger charge is 2.14. The fourth-order valence-corrected chi connectivity index (χ4v) is 2.82. The van der Waals surface area contributed by atoms with Gasteiger partial charge in [-0.1, -0.05) is 31.2 Å². The molecule has 0 spiro atoms. The van der Waals surface area contributed by atoms with Gasteiger partial charge in [-0.15, -0.1) is 22.9 Å². The first kappa shape index (κ1) is 13.2. The van der Waals surface area contributed by atoms with E-state index in [-0.39, 0.29) is 11.7 Å². The molecule has 0 bridgehead atoms. The largest absolute Gasteiger partial charge is 0.290 e. The van der Waals surface area contributed by atoms with Crippen LogP contribution >= 0.6 is 22.9 Å². The topological polar surface area (TPSA) is 30.0 Å². The second kappa shape index (κ2) is 5.63. The molecule has 2 rings (SSSR count). The van der Waals surface area contributed by atoms with E-state index >= 15 is 0 Å². The zero-order chi connectivity index (χ0) is 13.1. The maximum absolute atomic E-state index is 11.5. The summed E-state index contributed by atoms with van der Waals surface area (Å²) >= 11 is 6.96. The van der Waals surface area contributed by atoms with E-state index in [1.165, 1.54) is 16.9 Å². The molecule has 94 valence electrons. The van der Waals surface area contributed by atoms with Gasteiger partial charge in [-0.2, -0.15) is 0 Å². The third-order valence-electron chi connectivity index (χ3n) is 2.79. The molecule has 0 saturated carbocycles. The van der Waals surface area contributed by atoms with Gasteiger partial charge < -0.3 is 0 Å². The first-order valence-electron chi connectivity index (χ1n) is 5.81. The number of carbonyl (C=O) groups excluding carboxylic acids is 1. The molecular formula is C14H14ClNOS. The molecule has 0 amide bonds. The Balaban J connectivity index is 2.37. The highest BCUT2D eigenvalue weighted by molar-refractivity contribution is 7.14. The number of aromatic nitrogens is 1. The second-order valence-corrected chi connectivity index (χ2v) is 5.50. The molecule has 1 aromatic carbocycles. The van der Waals surface area contributed by atoms with Crippen molar-refractivity contribution in [2.75, 3.05) is 5.88 Å². The van der Waals surface area contributed by atoms with Crippen LogP contribution in [-0.4, -0.2) is 16.6 Å². The first-order chi connectivity index (χ1) is 8.65. The van der Waals surface area contributed by atoms with Crippen LogP contribution in [0.1, 0.15) is 27.2 Å². The lowest BCUT2D eigenvalue weighted by Gasteiger charge is -2.00. The Hall–Kier alpha value is -1.19. The van der Waals surface area contributed by atoms with E-state index in [4.69, 9.17) is 11.6 Å². The van der Waals surface area contributed by atoms with Gasteiger partial charge in [-0.05, 0) is 18.9 Å². The van der Waals surface area contributed by atoms with E-state index in [1.807, 2.05) is 6.92 Å². The van der Waals surface area contributed by atoms with Gasteiger partial charge in [0, 0.05) is 10.4 Å². The number of ketones is 1. The van der Waals surface area contributed by atoms with E-state index in [9.17, 15) is 4.79 Å². The molecule has 1 heterocycles. The van der Waals surface area contributed by atoms with E-state index in [0.29, 0.717) is 5.01 Å². The molecule has 4 heteroatoms. The number of halogens is 1. The fraction of sp³-hybridized carbons (Fsp3) is 0.286. The zero-order valence-corrected chi connectivity index (χ0v) is 11.9. The lowest BCUT2D eigenvalue weighted by Crippen LogP contribution is -1.98.